The molecule has 0 aliphatic carbocycles. The molecule has 6 nitrogen and oxygen atoms in total. The van der Waals surface area contributed by atoms with Crippen LogP contribution in [0.2, 0.25) is 0 Å². The summed E-state index contributed by atoms with van der Waals surface area (Å²) >= 11 is 0. The van der Waals surface area contributed by atoms with Gasteiger partial charge < -0.3 is 9.84 Å². The molecule has 0 saturated carbocycles. The molecule has 8 heteroatoms. The van der Waals surface area contributed by atoms with E-state index in [9.17, 15) is 8.42 Å². The molecule has 1 aliphatic heterocycles. The van der Waals surface area contributed by atoms with Gasteiger partial charge >= 0.3 is 0 Å². The van der Waals surface area contributed by atoms with Crippen LogP contribution in [0.4, 0.5) is 0 Å². The third-order valence-corrected chi connectivity index (χ3v) is 5.57. The van der Waals surface area contributed by atoms with E-state index in [2.05, 4.69) is 10.5 Å². The Morgan fingerprint density at radius 3 is 2.32 bits per heavy atom. The predicted octanol–water partition coefficient (Wildman–Crippen LogP) is 1.09. The lowest BCUT2D eigenvalue weighted by Gasteiger charge is -2.30. The fourth-order valence-corrected chi connectivity index (χ4v) is 4.12. The molecule has 0 aromatic carbocycles. The van der Waals surface area contributed by atoms with Crippen LogP contribution in [0.3, 0.4) is 0 Å². The van der Waals surface area contributed by atoms with Gasteiger partial charge in [0.1, 0.15) is 10.6 Å². The lowest BCUT2D eigenvalue weighted by molar-refractivity contribution is 0.298. The number of nitrogens with one attached hydrogen (secondary N) is 1. The lowest BCUT2D eigenvalue weighted by Crippen LogP contribution is -2.44. The Balaban J connectivity index is 0.00000180. The molecule has 2 heterocycles. The van der Waals surface area contributed by atoms with E-state index < -0.39 is 10.0 Å². The molecule has 0 unspecified atom stereocenters. The van der Waals surface area contributed by atoms with Crippen LogP contribution in [0.25, 0.3) is 0 Å². The highest BCUT2D eigenvalue weighted by molar-refractivity contribution is 7.89. The van der Waals surface area contributed by atoms with E-state index in [4.69, 9.17) is 4.52 Å². The average molecular weight is 310 g/mol. The van der Waals surface area contributed by atoms with Crippen LogP contribution in [0, 0.1) is 13.8 Å². The van der Waals surface area contributed by atoms with Crippen molar-refractivity contribution in [3.63, 3.8) is 0 Å². The van der Waals surface area contributed by atoms with Crippen LogP contribution in [0.15, 0.2) is 9.42 Å². The highest BCUT2D eigenvalue weighted by Gasteiger charge is 2.33. The van der Waals surface area contributed by atoms with Gasteiger partial charge in [0.05, 0.1) is 0 Å². The van der Waals surface area contributed by atoms with Gasteiger partial charge in [0.15, 0.2) is 5.76 Å². The average Bonchev–Trinajstić information content (AvgIpc) is 2.69. The highest BCUT2D eigenvalue weighted by Crippen LogP contribution is 2.25. The first-order chi connectivity index (χ1) is 8.46. The number of hydrogen-bond acceptors (Lipinski definition) is 5. The van der Waals surface area contributed by atoms with Gasteiger partial charge in [0.25, 0.3) is 0 Å². The number of nitrogens with zero attached hydrogens (tertiary/aromatic N) is 2. The standard InChI is InChI=1S/C11H19N3O3S.ClH/c1-8-11(9(2)17-13-8)18(15,16)14-6-4-10(12-3)5-7-14;/h10,12H,4-7H2,1-3H3;1H. The fraction of sp³-hybridized carbons (Fsp3) is 0.727. The number of aromatic nitrogens is 1. The maximum absolute atomic E-state index is 12.5. The Bertz CT molecular complexity index is 502. The Hall–Kier alpha value is -0.630. The Kier molecular flexibility index (Phi) is 5.37. The van der Waals surface area contributed by atoms with Crippen LogP contribution in [-0.4, -0.2) is 44.1 Å². The molecule has 0 atom stereocenters. The summed E-state index contributed by atoms with van der Waals surface area (Å²) in [5, 5.41) is 6.90. The normalized spacial score (nSPS) is 18.3. The minimum absolute atomic E-state index is 0. The molecular formula is C11H20ClN3O3S. The molecule has 0 spiro atoms. The van der Waals surface area contributed by atoms with Crippen molar-refractivity contribution in [2.45, 2.75) is 37.6 Å². The van der Waals surface area contributed by atoms with Crippen molar-refractivity contribution in [3.05, 3.63) is 11.5 Å². The van der Waals surface area contributed by atoms with E-state index in [0.717, 1.165) is 12.8 Å². The third-order valence-electron chi connectivity index (χ3n) is 3.43. The number of sulfonamides is 1. The molecular weight excluding hydrogens is 290 g/mol. The minimum Gasteiger partial charge on any atom is -0.360 e. The van der Waals surface area contributed by atoms with Crippen molar-refractivity contribution in [1.82, 2.24) is 14.8 Å². The zero-order chi connectivity index (χ0) is 13.3. The topological polar surface area (TPSA) is 75.4 Å². The first-order valence-corrected chi connectivity index (χ1v) is 7.51. The highest BCUT2D eigenvalue weighted by atomic mass is 35.5. The van der Waals surface area contributed by atoms with Crippen molar-refractivity contribution in [3.8, 4) is 0 Å². The van der Waals surface area contributed by atoms with E-state index in [0.29, 0.717) is 30.6 Å². The maximum atomic E-state index is 12.5. The van der Waals surface area contributed by atoms with Gasteiger partial charge in [-0.2, -0.15) is 4.31 Å². The van der Waals surface area contributed by atoms with Gasteiger partial charge in [-0.05, 0) is 33.7 Å². The van der Waals surface area contributed by atoms with Gasteiger partial charge in [-0.15, -0.1) is 12.4 Å². The molecule has 110 valence electrons. The van der Waals surface area contributed by atoms with E-state index in [1.54, 1.807) is 13.8 Å². The second-order valence-electron chi connectivity index (χ2n) is 4.62. The zero-order valence-electron chi connectivity index (χ0n) is 11.3. The van der Waals surface area contributed by atoms with E-state index >= 15 is 0 Å². The van der Waals surface area contributed by atoms with Crippen molar-refractivity contribution in [2.24, 2.45) is 0 Å². The molecule has 0 amide bonds. The molecule has 1 aromatic heterocycles. The van der Waals surface area contributed by atoms with Crippen molar-refractivity contribution < 1.29 is 12.9 Å². The molecule has 19 heavy (non-hydrogen) atoms. The van der Waals surface area contributed by atoms with Gasteiger partial charge in [0.2, 0.25) is 10.0 Å². The molecule has 1 aliphatic rings. The monoisotopic (exact) mass is 309 g/mol. The van der Waals surface area contributed by atoms with Crippen LogP contribution in [0.1, 0.15) is 24.3 Å². The predicted molar refractivity (Wildman–Crippen MR) is 74.1 cm³/mol. The number of aryl methyl sites for hydroxylation is 2. The van der Waals surface area contributed by atoms with Crippen LogP contribution in [-0.2, 0) is 10.0 Å². The lowest BCUT2D eigenvalue weighted by atomic mass is 10.1. The first kappa shape index (κ1) is 16.4. The molecule has 1 N–H and O–H groups in total. The van der Waals surface area contributed by atoms with Gasteiger partial charge in [-0.1, -0.05) is 5.16 Å². The van der Waals surface area contributed by atoms with E-state index in [1.165, 1.54) is 4.31 Å². The third kappa shape index (κ3) is 3.10. The van der Waals surface area contributed by atoms with Crippen molar-refractivity contribution in [1.29, 1.82) is 0 Å². The molecule has 0 radical (unpaired) electrons. The summed E-state index contributed by atoms with van der Waals surface area (Å²) in [5.41, 5.74) is 0.434. The maximum Gasteiger partial charge on any atom is 0.248 e. The van der Waals surface area contributed by atoms with E-state index in [1.807, 2.05) is 7.05 Å². The molecule has 1 saturated heterocycles. The largest absolute Gasteiger partial charge is 0.360 e. The SMILES string of the molecule is CNC1CCN(S(=O)(=O)c2c(C)noc2C)CC1.Cl. The smallest absolute Gasteiger partial charge is 0.248 e. The van der Waals surface area contributed by atoms with Gasteiger partial charge in [-0.25, -0.2) is 8.42 Å². The molecule has 2 rings (SSSR count). The molecule has 1 fully saturated rings. The number of hydrogen-bond donors (Lipinski definition) is 1. The second-order valence-corrected chi connectivity index (χ2v) is 6.50. The number of rotatable bonds is 3. The Labute approximate surface area is 120 Å². The molecule has 0 bridgehead atoms. The Morgan fingerprint density at radius 2 is 1.89 bits per heavy atom. The summed E-state index contributed by atoms with van der Waals surface area (Å²) in [7, 11) is -1.56. The summed E-state index contributed by atoms with van der Waals surface area (Å²) in [6.07, 6.45) is 1.66. The Morgan fingerprint density at radius 1 is 1.32 bits per heavy atom. The number of halogens is 1. The van der Waals surface area contributed by atoms with Crippen LogP contribution >= 0.6 is 12.4 Å². The summed E-state index contributed by atoms with van der Waals surface area (Å²) in [5.74, 6) is 0.364. The number of piperidine rings is 1. The molecule has 1 aromatic rings. The van der Waals surface area contributed by atoms with Gasteiger partial charge in [-0.3, -0.25) is 0 Å². The van der Waals surface area contributed by atoms with Crippen molar-refractivity contribution >= 4 is 22.4 Å². The fourth-order valence-electron chi connectivity index (χ4n) is 2.36. The van der Waals surface area contributed by atoms with Crippen molar-refractivity contribution in [2.75, 3.05) is 20.1 Å². The van der Waals surface area contributed by atoms with Crippen LogP contribution < -0.4 is 5.32 Å². The van der Waals surface area contributed by atoms with Crippen LogP contribution in [0.5, 0.6) is 0 Å². The summed E-state index contributed by atoms with van der Waals surface area (Å²) in [6, 6.07) is 0.404. The summed E-state index contributed by atoms with van der Waals surface area (Å²) < 4.78 is 31.4. The second kappa shape index (κ2) is 6.21. The first-order valence-electron chi connectivity index (χ1n) is 6.07. The minimum atomic E-state index is -3.46. The zero-order valence-corrected chi connectivity index (χ0v) is 13.0. The van der Waals surface area contributed by atoms with E-state index in [-0.39, 0.29) is 17.3 Å². The summed E-state index contributed by atoms with van der Waals surface area (Å²) in [4.78, 5) is 0.227. The van der Waals surface area contributed by atoms with Gasteiger partial charge in [0, 0.05) is 19.1 Å². The quantitative estimate of drug-likeness (QED) is 0.904. The summed E-state index contributed by atoms with van der Waals surface area (Å²) in [6.45, 7) is 4.37.